The fourth-order valence-electron chi connectivity index (χ4n) is 1.78. The number of unbranched alkanes of at least 4 members (excludes halogenated alkanes) is 1. The van der Waals surface area contributed by atoms with Gasteiger partial charge in [-0.15, -0.1) is 0 Å². The topological polar surface area (TPSA) is 114 Å². The molecule has 1 heterocycles. The number of rotatable bonds is 5. The molecule has 1 saturated heterocycles. The van der Waals surface area contributed by atoms with Crippen molar-refractivity contribution < 1.29 is 25.2 Å². The van der Waals surface area contributed by atoms with E-state index in [0.717, 1.165) is 12.8 Å². The van der Waals surface area contributed by atoms with Crippen molar-refractivity contribution in [2.45, 2.75) is 50.4 Å². The van der Waals surface area contributed by atoms with Crippen LogP contribution in [-0.4, -0.2) is 69.3 Å². The minimum absolute atomic E-state index is 0.290. The minimum Gasteiger partial charge on any atom is -0.394 e. The maximum atomic E-state index is 9.78. The third-order valence-electron chi connectivity index (χ3n) is 2.98. The van der Waals surface area contributed by atoms with Crippen molar-refractivity contribution in [2.75, 3.05) is 13.2 Å². The molecule has 0 bridgehead atoms. The van der Waals surface area contributed by atoms with Crippen LogP contribution in [0.25, 0.3) is 0 Å². The standard InChI is InChI=1S/C11H22N2O5S/c1-2-3-4-12-11(19)13-10-9(17)8(16)7(15)6(5-14)18-10/h6-10,14-17H,2-5H2,1H3,(H2,12,13,19)/t6-,7+,8+,9+,10+/m0/s1. The van der Waals surface area contributed by atoms with Crippen LogP contribution >= 0.6 is 12.2 Å². The largest absolute Gasteiger partial charge is 0.394 e. The van der Waals surface area contributed by atoms with Gasteiger partial charge in [-0.1, -0.05) is 13.3 Å². The fraction of sp³-hybridized carbons (Fsp3) is 0.909. The predicted molar refractivity (Wildman–Crippen MR) is 72.4 cm³/mol. The first kappa shape index (κ1) is 16.5. The SMILES string of the molecule is CCCCNC(=S)N[C@@H]1O[C@@H](CO)[C@@H](O)[C@@H](O)[C@H]1O. The molecule has 5 atom stereocenters. The second-order valence-corrected chi connectivity index (χ2v) is 4.91. The van der Waals surface area contributed by atoms with E-state index in [4.69, 9.17) is 22.1 Å². The Morgan fingerprint density at radius 3 is 2.47 bits per heavy atom. The number of hydrogen-bond acceptors (Lipinski definition) is 6. The maximum Gasteiger partial charge on any atom is 0.168 e. The quantitative estimate of drug-likeness (QED) is 0.256. The van der Waals surface area contributed by atoms with E-state index in [9.17, 15) is 15.3 Å². The summed E-state index contributed by atoms with van der Waals surface area (Å²) in [5.74, 6) is 0. The van der Waals surface area contributed by atoms with Gasteiger partial charge in [-0.25, -0.2) is 0 Å². The van der Waals surface area contributed by atoms with E-state index in [-0.39, 0.29) is 5.11 Å². The first-order valence-corrected chi connectivity index (χ1v) is 6.77. The summed E-state index contributed by atoms with van der Waals surface area (Å²) in [7, 11) is 0. The van der Waals surface area contributed by atoms with E-state index >= 15 is 0 Å². The Morgan fingerprint density at radius 2 is 1.89 bits per heavy atom. The number of hydrogen-bond donors (Lipinski definition) is 6. The smallest absolute Gasteiger partial charge is 0.168 e. The molecule has 1 aliphatic rings. The molecule has 6 N–H and O–H groups in total. The highest BCUT2D eigenvalue weighted by atomic mass is 32.1. The molecule has 0 amide bonds. The first-order valence-electron chi connectivity index (χ1n) is 6.36. The summed E-state index contributed by atoms with van der Waals surface area (Å²) >= 11 is 5.02. The van der Waals surface area contributed by atoms with Crippen LogP contribution in [-0.2, 0) is 4.74 Å². The highest BCUT2D eigenvalue weighted by Crippen LogP contribution is 2.19. The van der Waals surface area contributed by atoms with Crippen molar-refractivity contribution in [1.82, 2.24) is 10.6 Å². The lowest BCUT2D eigenvalue weighted by molar-refractivity contribution is -0.232. The zero-order valence-electron chi connectivity index (χ0n) is 10.8. The molecule has 0 unspecified atom stereocenters. The van der Waals surface area contributed by atoms with Gasteiger partial charge in [0.1, 0.15) is 24.4 Å². The zero-order valence-corrected chi connectivity index (χ0v) is 11.6. The molecular formula is C11H22N2O5S. The molecule has 0 spiro atoms. The van der Waals surface area contributed by atoms with Crippen LogP contribution in [0, 0.1) is 0 Å². The summed E-state index contributed by atoms with van der Waals surface area (Å²) in [6.07, 6.45) is -4.02. The Bertz CT molecular complexity index is 292. The van der Waals surface area contributed by atoms with Gasteiger partial charge in [0, 0.05) is 6.54 Å². The monoisotopic (exact) mass is 294 g/mol. The Hall–Kier alpha value is -0.510. The second kappa shape index (κ2) is 7.93. The highest BCUT2D eigenvalue weighted by molar-refractivity contribution is 7.80. The molecule has 1 fully saturated rings. The Labute approximate surface area is 117 Å². The van der Waals surface area contributed by atoms with Crippen molar-refractivity contribution in [1.29, 1.82) is 0 Å². The van der Waals surface area contributed by atoms with Crippen LogP contribution in [0.15, 0.2) is 0 Å². The lowest BCUT2D eigenvalue weighted by atomic mass is 9.98. The molecule has 0 radical (unpaired) electrons. The highest BCUT2D eigenvalue weighted by Gasteiger charge is 2.43. The lowest BCUT2D eigenvalue weighted by Gasteiger charge is -2.40. The summed E-state index contributed by atoms with van der Waals surface area (Å²) in [5.41, 5.74) is 0. The van der Waals surface area contributed by atoms with E-state index in [1.807, 2.05) is 0 Å². The van der Waals surface area contributed by atoms with Gasteiger partial charge in [-0.3, -0.25) is 0 Å². The molecular weight excluding hydrogens is 272 g/mol. The molecule has 1 aliphatic heterocycles. The van der Waals surface area contributed by atoms with Crippen molar-refractivity contribution in [3.63, 3.8) is 0 Å². The average Bonchev–Trinajstić information content (AvgIpc) is 2.39. The molecule has 1 rings (SSSR count). The van der Waals surface area contributed by atoms with E-state index in [1.54, 1.807) is 0 Å². The van der Waals surface area contributed by atoms with E-state index < -0.39 is 37.3 Å². The number of ether oxygens (including phenoxy) is 1. The van der Waals surface area contributed by atoms with Crippen LogP contribution in [0.4, 0.5) is 0 Å². The molecule has 0 aromatic rings. The Balaban J connectivity index is 2.49. The third-order valence-corrected chi connectivity index (χ3v) is 3.24. The Morgan fingerprint density at radius 1 is 1.21 bits per heavy atom. The van der Waals surface area contributed by atoms with Crippen molar-refractivity contribution in [3.05, 3.63) is 0 Å². The number of aliphatic hydroxyl groups excluding tert-OH is 4. The van der Waals surface area contributed by atoms with Crippen LogP contribution in [0.1, 0.15) is 19.8 Å². The van der Waals surface area contributed by atoms with Crippen LogP contribution in [0.3, 0.4) is 0 Å². The van der Waals surface area contributed by atoms with Crippen molar-refractivity contribution in [3.8, 4) is 0 Å². The van der Waals surface area contributed by atoms with Gasteiger partial charge in [0.15, 0.2) is 11.3 Å². The molecule has 0 saturated carbocycles. The molecule has 7 nitrogen and oxygen atoms in total. The molecule has 0 aliphatic carbocycles. The summed E-state index contributed by atoms with van der Waals surface area (Å²) in [5, 5.41) is 44.0. The molecule has 0 aromatic carbocycles. The summed E-state index contributed by atoms with van der Waals surface area (Å²) in [6.45, 7) is 2.29. The van der Waals surface area contributed by atoms with Crippen molar-refractivity contribution >= 4 is 17.3 Å². The predicted octanol–water partition coefficient (Wildman–Crippen LogP) is -1.95. The van der Waals surface area contributed by atoms with Gasteiger partial charge in [0.2, 0.25) is 0 Å². The number of aliphatic hydroxyl groups is 4. The third kappa shape index (κ3) is 4.51. The fourth-order valence-corrected chi connectivity index (χ4v) is 2.00. The van der Waals surface area contributed by atoms with Gasteiger partial charge in [-0.05, 0) is 18.6 Å². The molecule has 19 heavy (non-hydrogen) atoms. The minimum atomic E-state index is -1.40. The van der Waals surface area contributed by atoms with Gasteiger partial charge < -0.3 is 35.8 Å². The number of nitrogens with one attached hydrogen (secondary N) is 2. The Kier molecular flexibility index (Phi) is 6.90. The first-order chi connectivity index (χ1) is 9.01. The number of thiocarbonyl (C=S) groups is 1. The van der Waals surface area contributed by atoms with E-state index in [2.05, 4.69) is 17.6 Å². The normalized spacial score (nSPS) is 34.9. The zero-order chi connectivity index (χ0) is 14.4. The average molecular weight is 294 g/mol. The second-order valence-electron chi connectivity index (χ2n) is 4.50. The maximum absolute atomic E-state index is 9.78. The van der Waals surface area contributed by atoms with Gasteiger partial charge in [-0.2, -0.15) is 0 Å². The molecule has 0 aromatic heterocycles. The van der Waals surface area contributed by atoms with E-state index in [1.165, 1.54) is 0 Å². The van der Waals surface area contributed by atoms with Gasteiger partial charge in [0.05, 0.1) is 6.61 Å². The summed E-state index contributed by atoms with van der Waals surface area (Å²) in [4.78, 5) is 0. The lowest BCUT2D eigenvalue weighted by Crippen LogP contribution is -2.64. The summed E-state index contributed by atoms with van der Waals surface area (Å²) in [6, 6.07) is 0. The van der Waals surface area contributed by atoms with E-state index in [0.29, 0.717) is 6.54 Å². The molecule has 112 valence electrons. The van der Waals surface area contributed by atoms with Crippen LogP contribution < -0.4 is 10.6 Å². The van der Waals surface area contributed by atoms with Crippen LogP contribution in [0.5, 0.6) is 0 Å². The van der Waals surface area contributed by atoms with Crippen LogP contribution in [0.2, 0.25) is 0 Å². The molecule has 8 heteroatoms. The van der Waals surface area contributed by atoms with Gasteiger partial charge in [0.25, 0.3) is 0 Å². The van der Waals surface area contributed by atoms with Crippen molar-refractivity contribution in [2.24, 2.45) is 0 Å². The summed E-state index contributed by atoms with van der Waals surface area (Å²) < 4.78 is 5.26. The van der Waals surface area contributed by atoms with Gasteiger partial charge >= 0.3 is 0 Å².